The fraction of sp³-hybridized carbons (Fsp3) is 0.364. The summed E-state index contributed by atoms with van der Waals surface area (Å²) in [6.07, 6.45) is 0.882. The number of benzene rings is 2. The predicted octanol–water partition coefficient (Wildman–Crippen LogP) is 5.32. The van der Waals surface area contributed by atoms with E-state index in [1.807, 2.05) is 30.3 Å². The summed E-state index contributed by atoms with van der Waals surface area (Å²) in [7, 11) is 0. The zero-order valence-electron chi connectivity index (χ0n) is 16.8. The number of fused-ring (bicyclic) bond motifs is 1. The summed E-state index contributed by atoms with van der Waals surface area (Å²) >= 11 is 1.53. The zero-order valence-corrected chi connectivity index (χ0v) is 17.6. The molecule has 0 atom stereocenters. The summed E-state index contributed by atoms with van der Waals surface area (Å²) in [5.74, 6) is 3.63. The second-order valence-electron chi connectivity index (χ2n) is 7.77. The van der Waals surface area contributed by atoms with Gasteiger partial charge in [-0.1, -0.05) is 44.7 Å². The molecule has 4 rings (SSSR count). The molecule has 0 spiro atoms. The van der Waals surface area contributed by atoms with E-state index in [0.29, 0.717) is 23.5 Å². The maximum absolute atomic E-state index is 5.82. The molecule has 0 amide bonds. The number of nitrogens with zero attached hydrogens (tertiary/aromatic N) is 2. The summed E-state index contributed by atoms with van der Waals surface area (Å²) in [6, 6.07) is 13.9. The Labute approximate surface area is 174 Å². The van der Waals surface area contributed by atoms with Crippen molar-refractivity contribution in [2.45, 2.75) is 37.8 Å². The summed E-state index contributed by atoms with van der Waals surface area (Å²) in [5, 5.41) is 8.78. The van der Waals surface area contributed by atoms with Crippen LogP contribution in [0.5, 0.6) is 17.2 Å². The molecule has 0 aliphatic carbocycles. The number of aromatic nitrogens is 2. The molecule has 152 valence electrons. The first-order chi connectivity index (χ1) is 14.0. The fourth-order valence-electron chi connectivity index (χ4n) is 2.87. The average molecular weight is 413 g/mol. The second kappa shape index (κ2) is 8.37. The van der Waals surface area contributed by atoms with Gasteiger partial charge in [0.2, 0.25) is 12.7 Å². The van der Waals surface area contributed by atoms with Gasteiger partial charge in [-0.2, -0.15) is 0 Å². The third kappa shape index (κ3) is 4.85. The molecule has 1 aromatic heterocycles. The number of rotatable bonds is 7. The normalized spacial score (nSPS) is 12.9. The monoisotopic (exact) mass is 412 g/mol. The lowest BCUT2D eigenvalue weighted by Gasteiger charge is -2.19. The molecule has 6 nitrogen and oxygen atoms in total. The van der Waals surface area contributed by atoms with Crippen molar-refractivity contribution >= 4 is 11.8 Å². The summed E-state index contributed by atoms with van der Waals surface area (Å²) < 4.78 is 22.3. The Hall–Kier alpha value is -2.67. The van der Waals surface area contributed by atoms with E-state index in [1.54, 1.807) is 0 Å². The van der Waals surface area contributed by atoms with Crippen molar-refractivity contribution in [1.29, 1.82) is 0 Å². The van der Waals surface area contributed by atoms with E-state index in [9.17, 15) is 0 Å². The minimum absolute atomic E-state index is 0.151. The molecule has 0 radical (unpaired) electrons. The molecule has 0 bridgehead atoms. The maximum atomic E-state index is 5.82. The van der Waals surface area contributed by atoms with E-state index < -0.39 is 0 Å². The topological polar surface area (TPSA) is 66.6 Å². The van der Waals surface area contributed by atoms with Crippen LogP contribution in [0, 0.1) is 0 Å². The Balaban J connectivity index is 1.22. The number of thioether (sulfide) groups is 1. The lowest BCUT2D eigenvalue weighted by molar-refractivity contribution is 0.174. The summed E-state index contributed by atoms with van der Waals surface area (Å²) in [4.78, 5) is 0. The Morgan fingerprint density at radius 1 is 1.00 bits per heavy atom. The van der Waals surface area contributed by atoms with Crippen molar-refractivity contribution in [1.82, 2.24) is 10.2 Å². The highest BCUT2D eigenvalue weighted by Gasteiger charge is 2.17. The van der Waals surface area contributed by atoms with Crippen molar-refractivity contribution in [2.75, 3.05) is 19.2 Å². The predicted molar refractivity (Wildman–Crippen MR) is 112 cm³/mol. The van der Waals surface area contributed by atoms with Crippen LogP contribution < -0.4 is 14.2 Å². The third-order valence-electron chi connectivity index (χ3n) is 4.53. The van der Waals surface area contributed by atoms with Crippen LogP contribution in [0.3, 0.4) is 0 Å². The van der Waals surface area contributed by atoms with Gasteiger partial charge in [0.1, 0.15) is 5.75 Å². The van der Waals surface area contributed by atoms with Crippen LogP contribution >= 0.6 is 11.8 Å². The van der Waals surface area contributed by atoms with Gasteiger partial charge in [0.25, 0.3) is 5.22 Å². The quantitative estimate of drug-likeness (QED) is 0.384. The van der Waals surface area contributed by atoms with Crippen LogP contribution in [0.2, 0.25) is 0 Å². The van der Waals surface area contributed by atoms with Crippen LogP contribution in [0.25, 0.3) is 11.5 Å². The first kappa shape index (κ1) is 19.6. The Morgan fingerprint density at radius 2 is 1.79 bits per heavy atom. The Morgan fingerprint density at radius 3 is 2.59 bits per heavy atom. The van der Waals surface area contributed by atoms with Crippen LogP contribution in [-0.4, -0.2) is 29.4 Å². The van der Waals surface area contributed by atoms with E-state index in [4.69, 9.17) is 18.6 Å². The smallest absolute Gasteiger partial charge is 0.276 e. The van der Waals surface area contributed by atoms with Gasteiger partial charge >= 0.3 is 0 Å². The molecular weight excluding hydrogens is 388 g/mol. The van der Waals surface area contributed by atoms with Crippen molar-refractivity contribution in [3.05, 3.63) is 48.0 Å². The standard InChI is InChI=1S/C22H24N2O4S/c1-22(2,3)16-6-8-17(9-7-16)25-11-4-12-29-21-24-23-20(28-21)15-5-10-18-19(13-15)27-14-26-18/h5-10,13H,4,11-12,14H2,1-3H3. The molecule has 0 N–H and O–H groups in total. The zero-order chi connectivity index (χ0) is 20.3. The van der Waals surface area contributed by atoms with Crippen LogP contribution in [0.1, 0.15) is 32.8 Å². The van der Waals surface area contributed by atoms with Crippen molar-refractivity contribution in [3.63, 3.8) is 0 Å². The van der Waals surface area contributed by atoms with Gasteiger partial charge in [0, 0.05) is 11.3 Å². The highest BCUT2D eigenvalue weighted by molar-refractivity contribution is 7.99. The van der Waals surface area contributed by atoms with Gasteiger partial charge in [-0.05, 0) is 47.7 Å². The van der Waals surface area contributed by atoms with E-state index >= 15 is 0 Å². The molecule has 1 aliphatic heterocycles. The lowest BCUT2D eigenvalue weighted by Crippen LogP contribution is -2.10. The first-order valence-corrected chi connectivity index (χ1v) is 10.6. The highest BCUT2D eigenvalue weighted by atomic mass is 32.2. The third-order valence-corrected chi connectivity index (χ3v) is 5.43. The molecule has 0 fully saturated rings. The SMILES string of the molecule is CC(C)(C)c1ccc(OCCCSc2nnc(-c3ccc4c(c3)OCO4)o2)cc1. The summed E-state index contributed by atoms with van der Waals surface area (Å²) in [6.45, 7) is 7.50. The van der Waals surface area contributed by atoms with Crippen LogP contribution in [0.4, 0.5) is 0 Å². The van der Waals surface area contributed by atoms with E-state index in [1.165, 1.54) is 17.3 Å². The Bertz CT molecular complexity index is 964. The van der Waals surface area contributed by atoms with Gasteiger partial charge in [0.05, 0.1) is 6.61 Å². The summed E-state index contributed by atoms with van der Waals surface area (Å²) in [5.41, 5.74) is 2.27. The van der Waals surface area contributed by atoms with Gasteiger partial charge in [0.15, 0.2) is 11.5 Å². The maximum Gasteiger partial charge on any atom is 0.276 e. The van der Waals surface area contributed by atoms with E-state index in [-0.39, 0.29) is 12.2 Å². The van der Waals surface area contributed by atoms with Gasteiger partial charge in [-0.15, -0.1) is 10.2 Å². The minimum Gasteiger partial charge on any atom is -0.494 e. The van der Waals surface area contributed by atoms with Crippen molar-refractivity contribution in [3.8, 4) is 28.7 Å². The molecule has 2 aromatic carbocycles. The van der Waals surface area contributed by atoms with E-state index in [0.717, 1.165) is 29.2 Å². The second-order valence-corrected chi connectivity index (χ2v) is 8.81. The lowest BCUT2D eigenvalue weighted by atomic mass is 9.87. The largest absolute Gasteiger partial charge is 0.494 e. The van der Waals surface area contributed by atoms with Crippen LogP contribution in [-0.2, 0) is 5.41 Å². The number of hydrogen-bond acceptors (Lipinski definition) is 7. The number of ether oxygens (including phenoxy) is 3. The molecule has 0 saturated heterocycles. The van der Waals surface area contributed by atoms with Gasteiger partial charge in [-0.25, -0.2) is 0 Å². The molecule has 29 heavy (non-hydrogen) atoms. The molecule has 0 saturated carbocycles. The van der Waals surface area contributed by atoms with Gasteiger partial charge in [-0.3, -0.25) is 0 Å². The molecular formula is C22H24N2O4S. The van der Waals surface area contributed by atoms with Crippen LogP contribution in [0.15, 0.2) is 52.1 Å². The number of hydrogen-bond donors (Lipinski definition) is 0. The van der Waals surface area contributed by atoms with Gasteiger partial charge < -0.3 is 18.6 Å². The highest BCUT2D eigenvalue weighted by Crippen LogP contribution is 2.36. The van der Waals surface area contributed by atoms with Crippen molar-refractivity contribution in [2.24, 2.45) is 0 Å². The van der Waals surface area contributed by atoms with Crippen molar-refractivity contribution < 1.29 is 18.6 Å². The minimum atomic E-state index is 0.151. The molecule has 1 aliphatic rings. The molecule has 0 unspecified atom stereocenters. The molecule has 7 heteroatoms. The Kier molecular flexibility index (Phi) is 5.67. The molecule has 2 heterocycles. The average Bonchev–Trinajstić information content (AvgIpc) is 3.36. The fourth-order valence-corrected chi connectivity index (χ4v) is 3.55. The van der Waals surface area contributed by atoms with E-state index in [2.05, 4.69) is 43.1 Å². The first-order valence-electron chi connectivity index (χ1n) is 9.59. The molecule has 3 aromatic rings.